The second kappa shape index (κ2) is 8.06. The maximum Gasteiger partial charge on any atom is 0.307 e. The molecule has 0 radical (unpaired) electrons. The number of methoxy groups -OCH3 is 1. The van der Waals surface area contributed by atoms with Crippen molar-refractivity contribution in [1.29, 1.82) is 0 Å². The Kier molecular flexibility index (Phi) is 5.38. The maximum atomic E-state index is 12.3. The van der Waals surface area contributed by atoms with Gasteiger partial charge in [-0.2, -0.15) is 0 Å². The number of rotatable bonds is 6. The van der Waals surface area contributed by atoms with Crippen molar-refractivity contribution in [2.45, 2.75) is 6.42 Å². The van der Waals surface area contributed by atoms with Gasteiger partial charge in [-0.05, 0) is 12.1 Å². The van der Waals surface area contributed by atoms with E-state index in [0.29, 0.717) is 5.82 Å². The number of esters is 1. The summed E-state index contributed by atoms with van der Waals surface area (Å²) in [5.41, 5.74) is 1.64. The zero-order valence-electron chi connectivity index (χ0n) is 14.3. The normalized spacial score (nSPS) is 10.3. The highest BCUT2D eigenvalue weighted by Crippen LogP contribution is 2.20. The van der Waals surface area contributed by atoms with Gasteiger partial charge >= 0.3 is 5.97 Å². The third kappa shape index (κ3) is 3.94. The zero-order valence-corrected chi connectivity index (χ0v) is 14.3. The summed E-state index contributed by atoms with van der Waals surface area (Å²) in [5.74, 6) is -0.230. The molecule has 7 nitrogen and oxygen atoms in total. The lowest BCUT2D eigenvalue weighted by Gasteiger charge is -2.05. The Hall–Kier alpha value is -3.48. The van der Waals surface area contributed by atoms with Gasteiger partial charge in [-0.25, -0.2) is 9.67 Å². The van der Waals surface area contributed by atoms with Gasteiger partial charge in [-0.15, -0.1) is 5.10 Å². The van der Waals surface area contributed by atoms with Crippen LogP contribution in [0.1, 0.15) is 17.0 Å². The fraction of sp³-hybridized carbons (Fsp3) is 0.158. The van der Waals surface area contributed by atoms with Crippen LogP contribution in [0, 0.1) is 0 Å². The molecule has 1 amide bonds. The summed E-state index contributed by atoms with van der Waals surface area (Å²) >= 11 is 0. The number of carbonyl (C=O) groups is 2. The van der Waals surface area contributed by atoms with Gasteiger partial charge in [0.05, 0.1) is 19.2 Å². The Bertz CT molecular complexity index is 835. The predicted molar refractivity (Wildman–Crippen MR) is 95.8 cm³/mol. The number of carbonyl (C=O) groups excluding carboxylic acids is 2. The smallest absolute Gasteiger partial charge is 0.307 e. The minimum absolute atomic E-state index is 0.0394. The van der Waals surface area contributed by atoms with Crippen molar-refractivity contribution in [1.82, 2.24) is 20.1 Å². The van der Waals surface area contributed by atoms with E-state index in [-0.39, 0.29) is 18.8 Å². The van der Waals surface area contributed by atoms with Crippen LogP contribution in [0.15, 0.2) is 60.7 Å². The second-order valence-electron chi connectivity index (χ2n) is 5.45. The van der Waals surface area contributed by atoms with E-state index in [9.17, 15) is 9.59 Å². The molecule has 0 aliphatic heterocycles. The summed E-state index contributed by atoms with van der Waals surface area (Å²) < 4.78 is 6.18. The maximum absolute atomic E-state index is 12.3. The van der Waals surface area contributed by atoms with Gasteiger partial charge in [0.15, 0.2) is 5.82 Å². The van der Waals surface area contributed by atoms with E-state index in [1.165, 1.54) is 7.11 Å². The number of nitrogens with one attached hydrogen (secondary N) is 1. The molecule has 132 valence electrons. The van der Waals surface area contributed by atoms with Gasteiger partial charge in [0.25, 0.3) is 5.91 Å². The summed E-state index contributed by atoms with van der Waals surface area (Å²) in [6, 6.07) is 19.0. The fourth-order valence-corrected chi connectivity index (χ4v) is 2.39. The Balaban J connectivity index is 1.89. The van der Waals surface area contributed by atoms with Crippen LogP contribution in [0.4, 0.5) is 0 Å². The van der Waals surface area contributed by atoms with Crippen LogP contribution in [0.25, 0.3) is 17.1 Å². The molecule has 0 bridgehead atoms. The SMILES string of the molecule is COC(=O)CCNC(=O)c1nc(-c2ccccc2)n(-c2ccccc2)n1. The van der Waals surface area contributed by atoms with Gasteiger partial charge in [0.2, 0.25) is 5.82 Å². The topological polar surface area (TPSA) is 86.1 Å². The van der Waals surface area contributed by atoms with Gasteiger partial charge in [0.1, 0.15) is 0 Å². The number of nitrogens with zero attached hydrogens (tertiary/aromatic N) is 3. The number of hydrogen-bond acceptors (Lipinski definition) is 5. The standard InChI is InChI=1S/C19H18N4O3/c1-26-16(24)12-13-20-19(25)17-21-18(14-8-4-2-5-9-14)23(22-17)15-10-6-3-7-11-15/h2-11H,12-13H2,1H3,(H,20,25). The highest BCUT2D eigenvalue weighted by Gasteiger charge is 2.18. The van der Waals surface area contributed by atoms with Crippen molar-refractivity contribution in [2.24, 2.45) is 0 Å². The van der Waals surface area contributed by atoms with E-state index < -0.39 is 11.9 Å². The fourth-order valence-electron chi connectivity index (χ4n) is 2.39. The molecule has 0 aliphatic carbocycles. The van der Waals surface area contributed by atoms with Crippen LogP contribution >= 0.6 is 0 Å². The average molecular weight is 350 g/mol. The molecule has 3 aromatic rings. The Labute approximate surface area is 150 Å². The summed E-state index contributed by atoms with van der Waals surface area (Å²) in [5, 5.41) is 6.98. The molecule has 0 saturated heterocycles. The predicted octanol–water partition coefficient (Wildman–Crippen LogP) is 2.23. The first-order chi connectivity index (χ1) is 12.7. The third-order valence-corrected chi connectivity index (χ3v) is 3.69. The number of ether oxygens (including phenoxy) is 1. The molecule has 1 heterocycles. The van der Waals surface area contributed by atoms with Crippen molar-refractivity contribution in [3.05, 3.63) is 66.5 Å². The number of benzene rings is 2. The van der Waals surface area contributed by atoms with Crippen LogP contribution in [0.3, 0.4) is 0 Å². The lowest BCUT2D eigenvalue weighted by molar-refractivity contribution is -0.140. The van der Waals surface area contributed by atoms with Crippen LogP contribution in [0.5, 0.6) is 0 Å². The average Bonchev–Trinajstić information content (AvgIpc) is 3.14. The molecule has 0 unspecified atom stereocenters. The first-order valence-corrected chi connectivity index (χ1v) is 8.12. The molecule has 0 saturated carbocycles. The lowest BCUT2D eigenvalue weighted by atomic mass is 10.2. The van der Waals surface area contributed by atoms with Crippen LogP contribution in [-0.2, 0) is 9.53 Å². The molecule has 26 heavy (non-hydrogen) atoms. The Morgan fingerprint density at radius 3 is 2.35 bits per heavy atom. The monoisotopic (exact) mass is 350 g/mol. The van der Waals surface area contributed by atoms with E-state index in [0.717, 1.165) is 11.3 Å². The summed E-state index contributed by atoms with van der Waals surface area (Å²) in [6.07, 6.45) is 0.0905. The molecule has 0 atom stereocenters. The van der Waals surface area contributed by atoms with Crippen molar-refractivity contribution in [3.63, 3.8) is 0 Å². The van der Waals surface area contributed by atoms with Crippen molar-refractivity contribution in [2.75, 3.05) is 13.7 Å². The minimum Gasteiger partial charge on any atom is -0.469 e. The quantitative estimate of drug-likeness (QED) is 0.689. The van der Waals surface area contributed by atoms with Crippen molar-refractivity contribution >= 4 is 11.9 Å². The number of para-hydroxylation sites is 1. The van der Waals surface area contributed by atoms with Crippen LogP contribution in [0.2, 0.25) is 0 Å². The summed E-state index contributed by atoms with van der Waals surface area (Å²) in [6.45, 7) is 0.159. The Morgan fingerprint density at radius 1 is 1.04 bits per heavy atom. The van der Waals surface area contributed by atoms with E-state index in [4.69, 9.17) is 0 Å². The molecule has 3 rings (SSSR count). The lowest BCUT2D eigenvalue weighted by Crippen LogP contribution is -2.27. The van der Waals surface area contributed by atoms with E-state index >= 15 is 0 Å². The van der Waals surface area contributed by atoms with Gasteiger partial charge in [0, 0.05) is 12.1 Å². The van der Waals surface area contributed by atoms with Gasteiger partial charge in [-0.3, -0.25) is 9.59 Å². The Morgan fingerprint density at radius 2 is 1.69 bits per heavy atom. The number of hydrogen-bond donors (Lipinski definition) is 1. The van der Waals surface area contributed by atoms with Gasteiger partial charge in [-0.1, -0.05) is 48.5 Å². The zero-order chi connectivity index (χ0) is 18.4. The molecule has 0 aliphatic rings. The molecule has 1 aromatic heterocycles. The van der Waals surface area contributed by atoms with Crippen LogP contribution in [-0.4, -0.2) is 40.3 Å². The highest BCUT2D eigenvalue weighted by atomic mass is 16.5. The summed E-state index contributed by atoms with van der Waals surface area (Å²) in [7, 11) is 1.30. The number of aromatic nitrogens is 3. The highest BCUT2D eigenvalue weighted by molar-refractivity contribution is 5.91. The van der Waals surface area contributed by atoms with Crippen molar-refractivity contribution < 1.29 is 14.3 Å². The molecule has 7 heteroatoms. The molecule has 2 aromatic carbocycles. The first-order valence-electron chi connectivity index (χ1n) is 8.12. The van der Waals surface area contributed by atoms with E-state index in [1.54, 1.807) is 4.68 Å². The molecule has 1 N–H and O–H groups in total. The molecule has 0 spiro atoms. The minimum atomic E-state index is -0.444. The van der Waals surface area contributed by atoms with Gasteiger partial charge < -0.3 is 10.1 Å². The molecular weight excluding hydrogens is 332 g/mol. The molecular formula is C19H18N4O3. The van der Waals surface area contributed by atoms with E-state index in [2.05, 4.69) is 20.1 Å². The van der Waals surface area contributed by atoms with Crippen molar-refractivity contribution in [3.8, 4) is 17.1 Å². The van der Waals surface area contributed by atoms with E-state index in [1.807, 2.05) is 60.7 Å². The second-order valence-corrected chi connectivity index (χ2v) is 5.45. The van der Waals surface area contributed by atoms with Crippen LogP contribution < -0.4 is 5.32 Å². The first kappa shape index (κ1) is 17.3. The molecule has 0 fully saturated rings. The number of amides is 1. The largest absolute Gasteiger partial charge is 0.469 e. The third-order valence-electron chi connectivity index (χ3n) is 3.69. The summed E-state index contributed by atoms with van der Waals surface area (Å²) in [4.78, 5) is 27.9.